The molecular weight excluding hydrogens is 344 g/mol. The number of anilines is 2. The fourth-order valence-corrected chi connectivity index (χ4v) is 3.47. The molecule has 1 aromatic carbocycles. The summed E-state index contributed by atoms with van der Waals surface area (Å²) in [4.78, 5) is 9.12. The Balaban J connectivity index is 1.94. The van der Waals surface area contributed by atoms with E-state index in [9.17, 15) is 8.42 Å². The van der Waals surface area contributed by atoms with Crippen LogP contribution in [0.25, 0.3) is 11.3 Å². The van der Waals surface area contributed by atoms with E-state index < -0.39 is 9.84 Å². The van der Waals surface area contributed by atoms with Crippen LogP contribution in [-0.2, 0) is 9.84 Å². The Morgan fingerprint density at radius 2 is 1.83 bits per heavy atom. The Morgan fingerprint density at radius 3 is 2.42 bits per heavy atom. The van der Waals surface area contributed by atoms with Crippen LogP contribution < -0.4 is 5.32 Å². The predicted octanol–water partition coefficient (Wildman–Crippen LogP) is 3.36. The minimum Gasteiger partial charge on any atom is -0.314 e. The Kier molecular flexibility index (Phi) is 4.33. The van der Waals surface area contributed by atoms with Crippen LogP contribution in [-0.4, -0.2) is 29.0 Å². The van der Waals surface area contributed by atoms with E-state index >= 15 is 0 Å². The van der Waals surface area contributed by atoms with Gasteiger partial charge in [0.2, 0.25) is 5.95 Å². The number of nitrogens with one attached hydrogen (secondary N) is 1. The van der Waals surface area contributed by atoms with Gasteiger partial charge in [0.1, 0.15) is 5.00 Å². The van der Waals surface area contributed by atoms with Crippen molar-refractivity contribution in [3.05, 3.63) is 47.8 Å². The van der Waals surface area contributed by atoms with Crippen LogP contribution >= 0.6 is 11.5 Å². The van der Waals surface area contributed by atoms with Crippen LogP contribution in [0.3, 0.4) is 0 Å². The lowest BCUT2D eigenvalue weighted by molar-refractivity contribution is 0.602. The first-order valence-corrected chi connectivity index (χ1v) is 9.84. The molecule has 24 heavy (non-hydrogen) atoms. The fraction of sp³-hybridized carbons (Fsp3) is 0.188. The number of nitrogens with zero attached hydrogens (tertiary/aromatic N) is 3. The zero-order chi connectivity index (χ0) is 17.3. The Bertz CT molecular complexity index is 980. The van der Waals surface area contributed by atoms with Crippen LogP contribution in [0.4, 0.5) is 10.9 Å². The van der Waals surface area contributed by atoms with Crippen LogP contribution in [0.15, 0.2) is 41.4 Å². The van der Waals surface area contributed by atoms with Crippen molar-refractivity contribution in [3.63, 3.8) is 0 Å². The molecule has 2 heterocycles. The molecule has 0 aliphatic heterocycles. The Hall–Kier alpha value is -2.32. The summed E-state index contributed by atoms with van der Waals surface area (Å²) < 4.78 is 27.3. The second kappa shape index (κ2) is 6.29. The average molecular weight is 360 g/mol. The molecule has 2 aromatic heterocycles. The van der Waals surface area contributed by atoms with Gasteiger partial charge in [0.05, 0.1) is 16.3 Å². The van der Waals surface area contributed by atoms with Crippen molar-refractivity contribution in [2.24, 2.45) is 0 Å². The van der Waals surface area contributed by atoms with E-state index in [1.165, 1.54) is 17.8 Å². The predicted molar refractivity (Wildman–Crippen MR) is 95.4 cm³/mol. The van der Waals surface area contributed by atoms with Crippen molar-refractivity contribution in [3.8, 4) is 11.3 Å². The van der Waals surface area contributed by atoms with Gasteiger partial charge in [-0.2, -0.15) is 4.37 Å². The Labute approximate surface area is 144 Å². The zero-order valence-electron chi connectivity index (χ0n) is 13.4. The van der Waals surface area contributed by atoms with Gasteiger partial charge in [0, 0.05) is 18.0 Å². The smallest absolute Gasteiger partial charge is 0.228 e. The van der Waals surface area contributed by atoms with Gasteiger partial charge in [0.25, 0.3) is 0 Å². The third-order valence-corrected chi connectivity index (χ3v) is 5.31. The maximum atomic E-state index is 11.6. The van der Waals surface area contributed by atoms with Gasteiger partial charge in [-0.1, -0.05) is 12.1 Å². The maximum absolute atomic E-state index is 11.6. The summed E-state index contributed by atoms with van der Waals surface area (Å²) in [5.41, 5.74) is 3.44. The monoisotopic (exact) mass is 360 g/mol. The standard InChI is InChI=1S/C16H16N4O2S2/c1-10-9-17-16(18-14-8-11(2)20-23-14)19-15(10)12-4-6-13(7-5-12)24(3,21)22/h4-9H,1-3H3,(H,17,18,19). The van der Waals surface area contributed by atoms with E-state index in [4.69, 9.17) is 0 Å². The van der Waals surface area contributed by atoms with Gasteiger partial charge >= 0.3 is 0 Å². The van der Waals surface area contributed by atoms with Crippen molar-refractivity contribution >= 4 is 32.3 Å². The van der Waals surface area contributed by atoms with Crippen molar-refractivity contribution in [2.45, 2.75) is 18.7 Å². The van der Waals surface area contributed by atoms with Crippen molar-refractivity contribution in [2.75, 3.05) is 11.6 Å². The lowest BCUT2D eigenvalue weighted by Crippen LogP contribution is -2.00. The molecule has 0 saturated heterocycles. The summed E-state index contributed by atoms with van der Waals surface area (Å²) in [5.74, 6) is 0.478. The number of sulfone groups is 1. The molecular formula is C16H16N4O2S2. The zero-order valence-corrected chi connectivity index (χ0v) is 15.1. The van der Waals surface area contributed by atoms with E-state index in [1.54, 1.807) is 30.5 Å². The maximum Gasteiger partial charge on any atom is 0.228 e. The number of aromatic nitrogens is 3. The second-order valence-electron chi connectivity index (χ2n) is 5.48. The molecule has 124 valence electrons. The van der Waals surface area contributed by atoms with Crippen molar-refractivity contribution in [1.82, 2.24) is 14.3 Å². The van der Waals surface area contributed by atoms with E-state index in [2.05, 4.69) is 19.7 Å². The molecule has 8 heteroatoms. The molecule has 0 aliphatic carbocycles. The van der Waals surface area contributed by atoms with E-state index in [0.717, 1.165) is 27.5 Å². The van der Waals surface area contributed by atoms with Gasteiger partial charge < -0.3 is 5.32 Å². The highest BCUT2D eigenvalue weighted by molar-refractivity contribution is 7.90. The molecule has 0 spiro atoms. The molecule has 3 aromatic rings. The summed E-state index contributed by atoms with van der Waals surface area (Å²) in [6.45, 7) is 3.84. The van der Waals surface area contributed by atoms with Crippen LogP contribution in [0.5, 0.6) is 0 Å². The van der Waals surface area contributed by atoms with Crippen LogP contribution in [0.2, 0.25) is 0 Å². The molecule has 0 unspecified atom stereocenters. The second-order valence-corrected chi connectivity index (χ2v) is 8.30. The van der Waals surface area contributed by atoms with E-state index in [1.807, 2.05) is 19.9 Å². The normalized spacial score (nSPS) is 11.5. The quantitative estimate of drug-likeness (QED) is 0.768. The summed E-state index contributed by atoms with van der Waals surface area (Å²) in [6, 6.07) is 8.62. The number of hydrogen-bond donors (Lipinski definition) is 1. The summed E-state index contributed by atoms with van der Waals surface area (Å²) >= 11 is 1.35. The van der Waals surface area contributed by atoms with Gasteiger partial charge in [-0.25, -0.2) is 18.4 Å². The highest BCUT2D eigenvalue weighted by Gasteiger charge is 2.11. The molecule has 0 saturated carbocycles. The Morgan fingerprint density at radius 1 is 1.12 bits per heavy atom. The van der Waals surface area contributed by atoms with E-state index in [0.29, 0.717) is 5.95 Å². The highest BCUT2D eigenvalue weighted by Crippen LogP contribution is 2.25. The molecule has 0 radical (unpaired) electrons. The number of aryl methyl sites for hydroxylation is 2. The molecule has 0 bridgehead atoms. The molecule has 0 amide bonds. The molecule has 6 nitrogen and oxygen atoms in total. The number of hydrogen-bond acceptors (Lipinski definition) is 7. The van der Waals surface area contributed by atoms with Gasteiger partial charge in [-0.05, 0) is 49.1 Å². The summed E-state index contributed by atoms with van der Waals surface area (Å²) in [7, 11) is -3.21. The third kappa shape index (κ3) is 3.60. The van der Waals surface area contributed by atoms with Crippen LogP contribution in [0.1, 0.15) is 11.3 Å². The minimum absolute atomic E-state index is 0.288. The summed E-state index contributed by atoms with van der Waals surface area (Å²) in [6.07, 6.45) is 2.93. The van der Waals surface area contributed by atoms with Gasteiger partial charge in [-0.3, -0.25) is 0 Å². The average Bonchev–Trinajstić information content (AvgIpc) is 2.93. The van der Waals surface area contributed by atoms with Crippen LogP contribution in [0, 0.1) is 13.8 Å². The molecule has 0 fully saturated rings. The molecule has 1 N–H and O–H groups in total. The number of benzene rings is 1. The van der Waals surface area contributed by atoms with Gasteiger partial charge in [-0.15, -0.1) is 0 Å². The van der Waals surface area contributed by atoms with Crippen molar-refractivity contribution < 1.29 is 8.42 Å². The van der Waals surface area contributed by atoms with E-state index in [-0.39, 0.29) is 4.90 Å². The third-order valence-electron chi connectivity index (χ3n) is 3.39. The first-order chi connectivity index (χ1) is 11.3. The highest BCUT2D eigenvalue weighted by atomic mass is 32.2. The SMILES string of the molecule is Cc1cc(Nc2ncc(C)c(-c3ccc(S(C)(=O)=O)cc3)n2)sn1. The van der Waals surface area contributed by atoms with Gasteiger partial charge in [0.15, 0.2) is 9.84 Å². The molecule has 0 aliphatic rings. The lowest BCUT2D eigenvalue weighted by atomic mass is 10.1. The minimum atomic E-state index is -3.21. The van der Waals surface area contributed by atoms with Crippen molar-refractivity contribution in [1.29, 1.82) is 0 Å². The lowest BCUT2D eigenvalue weighted by Gasteiger charge is -2.08. The first-order valence-electron chi connectivity index (χ1n) is 7.17. The fourth-order valence-electron chi connectivity index (χ4n) is 2.19. The largest absolute Gasteiger partial charge is 0.314 e. The number of rotatable bonds is 4. The molecule has 3 rings (SSSR count). The summed E-state index contributed by atoms with van der Waals surface area (Å²) in [5, 5.41) is 4.01. The molecule has 0 atom stereocenters. The first kappa shape index (κ1) is 16.5. The topological polar surface area (TPSA) is 84.8 Å².